The van der Waals surface area contributed by atoms with Crippen LogP contribution in [-0.4, -0.2) is 19.8 Å². The number of amides is 1. The molecule has 0 unspecified atom stereocenters. The van der Waals surface area contributed by atoms with E-state index < -0.39 is 50.0 Å². The van der Waals surface area contributed by atoms with Crippen molar-refractivity contribution >= 4 is 16.0 Å². The van der Waals surface area contributed by atoms with Gasteiger partial charge < -0.3 is 9.50 Å². The number of carbonyl (C=O) groups is 1. The Morgan fingerprint density at radius 2 is 1.69 bits per heavy atom. The minimum Gasteiger partial charge on any atom is -0.375 e. The van der Waals surface area contributed by atoms with E-state index in [1.807, 2.05) is 0 Å². The lowest BCUT2D eigenvalue weighted by Gasteiger charge is -2.15. The van der Waals surface area contributed by atoms with Gasteiger partial charge in [-0.3, -0.25) is 4.79 Å². The number of fused-ring (bicyclic) bond motifs is 1. The van der Waals surface area contributed by atoms with E-state index in [4.69, 9.17) is 0 Å². The van der Waals surface area contributed by atoms with E-state index in [-0.39, 0.29) is 17.7 Å². The molecule has 0 radical (unpaired) electrons. The fourth-order valence-electron chi connectivity index (χ4n) is 2.40. The third-order valence-corrected chi connectivity index (χ3v) is 4.56. The molecule has 0 saturated heterocycles. The zero-order valence-electron chi connectivity index (χ0n) is 12.5. The molecule has 2 aromatic rings. The zero-order chi connectivity index (χ0) is 19.3. The summed E-state index contributed by atoms with van der Waals surface area (Å²) in [6.45, 7) is -0.0667. The number of nitrogens with one attached hydrogen (secondary N) is 1. The van der Waals surface area contributed by atoms with Gasteiger partial charge in [-0.1, -0.05) is 0 Å². The van der Waals surface area contributed by atoms with Gasteiger partial charge in [0.1, 0.15) is 11.6 Å². The van der Waals surface area contributed by atoms with Crippen molar-refractivity contribution in [1.29, 1.82) is 0 Å². The molecule has 1 heterocycles. The van der Waals surface area contributed by atoms with Crippen molar-refractivity contribution in [2.75, 3.05) is 0 Å². The summed E-state index contributed by atoms with van der Waals surface area (Å²) >= 11 is 0. The molecule has 11 heteroatoms. The Labute approximate surface area is 143 Å². The van der Waals surface area contributed by atoms with Crippen LogP contribution in [0.1, 0.15) is 15.9 Å². The third-order valence-electron chi connectivity index (χ3n) is 3.59. The van der Waals surface area contributed by atoms with Crippen molar-refractivity contribution in [3.05, 3.63) is 53.1 Å². The Balaban J connectivity index is 2.22. The molecule has 1 aliphatic heterocycles. The van der Waals surface area contributed by atoms with Gasteiger partial charge in [0.25, 0.3) is 5.91 Å². The van der Waals surface area contributed by atoms with Crippen molar-refractivity contribution in [2.24, 2.45) is 0 Å². The summed E-state index contributed by atoms with van der Waals surface area (Å²) in [4.78, 5) is 11.7. The molecular formula is C15H8F5NO4S. The molecule has 1 amide bonds. The van der Waals surface area contributed by atoms with Crippen LogP contribution in [0.25, 0.3) is 11.1 Å². The fourth-order valence-corrected chi connectivity index (χ4v) is 2.87. The summed E-state index contributed by atoms with van der Waals surface area (Å²) in [5.41, 5.74) is -6.39. The molecule has 3 rings (SSSR count). The lowest BCUT2D eigenvalue weighted by Crippen LogP contribution is -2.28. The Morgan fingerprint density at radius 1 is 1.00 bits per heavy atom. The lowest BCUT2D eigenvalue weighted by atomic mass is 9.98. The molecule has 2 aromatic carbocycles. The molecule has 0 aliphatic carbocycles. The van der Waals surface area contributed by atoms with E-state index in [1.165, 1.54) is 0 Å². The summed E-state index contributed by atoms with van der Waals surface area (Å²) in [7, 11) is -6.04. The number of alkyl halides is 3. The van der Waals surface area contributed by atoms with Crippen molar-refractivity contribution < 1.29 is 39.3 Å². The molecule has 26 heavy (non-hydrogen) atoms. The van der Waals surface area contributed by atoms with E-state index in [1.54, 1.807) is 0 Å². The second kappa shape index (κ2) is 5.94. The molecule has 0 saturated carbocycles. The number of carbonyl (C=O) groups excluding carboxylic acids is 1. The normalized spacial score (nSPS) is 14.1. The fraction of sp³-hybridized carbons (Fsp3) is 0.133. The summed E-state index contributed by atoms with van der Waals surface area (Å²) in [6.07, 6.45) is 0. The number of rotatable bonds is 3. The van der Waals surface area contributed by atoms with E-state index >= 15 is 0 Å². The van der Waals surface area contributed by atoms with Crippen LogP contribution in [0.4, 0.5) is 22.0 Å². The van der Waals surface area contributed by atoms with Gasteiger partial charge in [0.15, 0.2) is 5.75 Å². The number of benzene rings is 2. The molecule has 0 aromatic heterocycles. The standard InChI is InChI=1S/C15H8F5NO4S/c16-8-1-2-9(12(17)4-8)11-5-10-7(6-21-14(10)22)3-13(11)25-26(23,24)15(18,19)20/h1-5H,6H2,(H,21,22). The van der Waals surface area contributed by atoms with Gasteiger partial charge in [-0.15, -0.1) is 0 Å². The summed E-state index contributed by atoms with van der Waals surface area (Å²) < 4.78 is 91.8. The maximum Gasteiger partial charge on any atom is 0.534 e. The Morgan fingerprint density at radius 3 is 2.31 bits per heavy atom. The largest absolute Gasteiger partial charge is 0.534 e. The Kier molecular flexibility index (Phi) is 4.14. The predicted octanol–water partition coefficient (Wildman–Crippen LogP) is 3.10. The van der Waals surface area contributed by atoms with Gasteiger partial charge >= 0.3 is 15.6 Å². The molecule has 0 spiro atoms. The van der Waals surface area contributed by atoms with Gasteiger partial charge in [-0.25, -0.2) is 8.78 Å². The van der Waals surface area contributed by atoms with Gasteiger partial charge in [-0.2, -0.15) is 21.6 Å². The van der Waals surface area contributed by atoms with Crippen LogP contribution in [0.2, 0.25) is 0 Å². The molecule has 0 atom stereocenters. The van der Waals surface area contributed by atoms with Gasteiger partial charge in [0.2, 0.25) is 0 Å². The Hall–Kier alpha value is -2.69. The molecule has 0 bridgehead atoms. The molecule has 5 nitrogen and oxygen atoms in total. The molecular weight excluding hydrogens is 385 g/mol. The van der Waals surface area contributed by atoms with E-state index in [2.05, 4.69) is 9.50 Å². The number of hydrogen-bond donors (Lipinski definition) is 1. The quantitative estimate of drug-likeness (QED) is 0.494. The van der Waals surface area contributed by atoms with Gasteiger partial charge in [0, 0.05) is 29.3 Å². The van der Waals surface area contributed by atoms with Crippen LogP contribution in [-0.2, 0) is 16.7 Å². The van der Waals surface area contributed by atoms with Crippen LogP contribution in [0.3, 0.4) is 0 Å². The average Bonchev–Trinajstić information content (AvgIpc) is 2.86. The number of halogens is 5. The van der Waals surface area contributed by atoms with Gasteiger partial charge in [0.05, 0.1) is 0 Å². The molecule has 138 valence electrons. The van der Waals surface area contributed by atoms with Crippen LogP contribution in [0.5, 0.6) is 5.75 Å². The monoisotopic (exact) mass is 393 g/mol. The minimum absolute atomic E-state index is 0.0143. The predicted molar refractivity (Wildman–Crippen MR) is 78.6 cm³/mol. The second-order valence-corrected chi connectivity index (χ2v) is 6.83. The summed E-state index contributed by atoms with van der Waals surface area (Å²) in [6, 6.07) is 4.08. The first-order valence-electron chi connectivity index (χ1n) is 6.91. The highest BCUT2D eigenvalue weighted by Crippen LogP contribution is 2.38. The van der Waals surface area contributed by atoms with Crippen molar-refractivity contribution in [1.82, 2.24) is 5.32 Å². The highest BCUT2D eigenvalue weighted by Gasteiger charge is 2.49. The summed E-state index contributed by atoms with van der Waals surface area (Å²) in [5.74, 6) is -3.52. The van der Waals surface area contributed by atoms with Crippen LogP contribution in [0, 0.1) is 11.6 Å². The third kappa shape index (κ3) is 3.09. The molecule has 1 aliphatic rings. The van der Waals surface area contributed by atoms with Crippen molar-refractivity contribution in [3.63, 3.8) is 0 Å². The van der Waals surface area contributed by atoms with E-state index in [9.17, 15) is 35.2 Å². The number of hydrogen-bond acceptors (Lipinski definition) is 4. The second-order valence-electron chi connectivity index (χ2n) is 5.30. The molecule has 1 N–H and O–H groups in total. The van der Waals surface area contributed by atoms with E-state index in [0.717, 1.165) is 24.3 Å². The maximum atomic E-state index is 14.1. The van der Waals surface area contributed by atoms with Crippen LogP contribution < -0.4 is 9.50 Å². The maximum absolute atomic E-state index is 14.1. The Bertz CT molecular complexity index is 1020. The first-order valence-corrected chi connectivity index (χ1v) is 8.32. The van der Waals surface area contributed by atoms with Crippen molar-refractivity contribution in [2.45, 2.75) is 12.1 Å². The smallest absolute Gasteiger partial charge is 0.375 e. The first kappa shape index (κ1) is 18.1. The van der Waals surface area contributed by atoms with Crippen molar-refractivity contribution in [3.8, 4) is 16.9 Å². The van der Waals surface area contributed by atoms with Crippen LogP contribution >= 0.6 is 0 Å². The van der Waals surface area contributed by atoms with Gasteiger partial charge in [-0.05, 0) is 29.8 Å². The zero-order valence-corrected chi connectivity index (χ0v) is 13.3. The highest BCUT2D eigenvalue weighted by molar-refractivity contribution is 7.88. The highest BCUT2D eigenvalue weighted by atomic mass is 32.2. The molecule has 0 fully saturated rings. The first-order chi connectivity index (χ1) is 12.0. The topological polar surface area (TPSA) is 72.5 Å². The van der Waals surface area contributed by atoms with E-state index in [0.29, 0.717) is 6.07 Å². The average molecular weight is 393 g/mol. The van der Waals surface area contributed by atoms with Crippen LogP contribution in [0.15, 0.2) is 30.3 Å². The lowest BCUT2D eigenvalue weighted by molar-refractivity contribution is -0.0499. The minimum atomic E-state index is -6.04. The SMILES string of the molecule is O=C1NCc2cc(OS(=O)(=O)C(F)(F)F)c(-c3ccc(F)cc3F)cc21. The summed E-state index contributed by atoms with van der Waals surface area (Å²) in [5, 5.41) is 2.39.